The highest BCUT2D eigenvalue weighted by atomic mass is 16.9. The van der Waals surface area contributed by atoms with Gasteiger partial charge >= 0.3 is 11.9 Å². The molecule has 8 rings (SSSR count). The van der Waals surface area contributed by atoms with Crippen molar-refractivity contribution in [2.45, 2.75) is 80.5 Å². The molecular weight excluding hydrogens is 552 g/mol. The molecule has 6 aliphatic rings. The van der Waals surface area contributed by atoms with Crippen LogP contribution >= 0.6 is 0 Å². The van der Waals surface area contributed by atoms with E-state index >= 15 is 0 Å². The first-order chi connectivity index (χ1) is 20.4. The molecule has 43 heavy (non-hydrogen) atoms. The van der Waals surface area contributed by atoms with Crippen LogP contribution in [0.2, 0.25) is 0 Å². The summed E-state index contributed by atoms with van der Waals surface area (Å²) in [5.74, 6) is -5.32. The summed E-state index contributed by atoms with van der Waals surface area (Å²) in [4.78, 5) is 27.5. The Bertz CT molecular complexity index is 1610. The number of epoxide rings is 1. The third kappa shape index (κ3) is 2.98. The second-order valence-corrected chi connectivity index (χ2v) is 13.2. The van der Waals surface area contributed by atoms with Crippen LogP contribution in [0.5, 0.6) is 0 Å². The fourth-order valence-corrected chi connectivity index (χ4v) is 9.01. The number of hydrogen-bond acceptors (Lipinski definition) is 9. The van der Waals surface area contributed by atoms with E-state index in [4.69, 9.17) is 23.7 Å². The monoisotopic (exact) mass is 586 g/mol. The van der Waals surface area contributed by atoms with Crippen LogP contribution in [0, 0.1) is 17.8 Å². The van der Waals surface area contributed by atoms with E-state index in [1.54, 1.807) is 44.2 Å². The van der Waals surface area contributed by atoms with Gasteiger partial charge in [-0.25, -0.2) is 4.79 Å². The van der Waals surface area contributed by atoms with Gasteiger partial charge in [-0.3, -0.25) is 4.79 Å². The molecule has 0 unspecified atom stereocenters. The Morgan fingerprint density at radius 2 is 1.65 bits per heavy atom. The molecule has 0 spiro atoms. The number of aliphatic hydroxyl groups excluding tert-OH is 1. The molecule has 0 aromatic heterocycles. The van der Waals surface area contributed by atoms with Gasteiger partial charge in [0.05, 0.1) is 17.3 Å². The Hall–Kier alpha value is -3.18. The lowest BCUT2D eigenvalue weighted by atomic mass is 9.53. The third-order valence-corrected chi connectivity index (χ3v) is 11.1. The molecule has 3 saturated heterocycles. The molecule has 2 aromatic carbocycles. The zero-order chi connectivity index (χ0) is 30.3. The Morgan fingerprint density at radius 1 is 1.00 bits per heavy atom. The van der Waals surface area contributed by atoms with Crippen molar-refractivity contribution in [3.05, 3.63) is 95.6 Å². The molecule has 9 nitrogen and oxygen atoms in total. The van der Waals surface area contributed by atoms with Gasteiger partial charge in [0.25, 0.3) is 0 Å². The van der Waals surface area contributed by atoms with Crippen molar-refractivity contribution >= 4 is 11.8 Å². The zero-order valence-electron chi connectivity index (χ0n) is 24.4. The number of rotatable bonds is 4. The van der Waals surface area contributed by atoms with E-state index in [-0.39, 0.29) is 0 Å². The Morgan fingerprint density at radius 3 is 2.30 bits per heavy atom. The van der Waals surface area contributed by atoms with Crippen LogP contribution in [0.3, 0.4) is 0 Å². The molecule has 9 heteroatoms. The number of carbonyl (C=O) groups excluding carboxylic acids is 2. The first-order valence-corrected chi connectivity index (χ1v) is 14.7. The van der Waals surface area contributed by atoms with Gasteiger partial charge in [0.1, 0.15) is 23.9 Å². The van der Waals surface area contributed by atoms with Crippen LogP contribution in [-0.4, -0.2) is 68.8 Å². The highest BCUT2D eigenvalue weighted by Gasteiger charge is 2.90. The summed E-state index contributed by atoms with van der Waals surface area (Å²) in [6.07, 6.45) is -2.37. The van der Waals surface area contributed by atoms with Crippen LogP contribution in [-0.2, 0) is 34.5 Å². The van der Waals surface area contributed by atoms with Gasteiger partial charge in [-0.05, 0) is 44.1 Å². The van der Waals surface area contributed by atoms with Crippen LogP contribution in [0.15, 0.2) is 84.5 Å². The number of ketones is 1. The average molecular weight is 587 g/mol. The van der Waals surface area contributed by atoms with Gasteiger partial charge in [0, 0.05) is 23.3 Å². The van der Waals surface area contributed by atoms with E-state index < -0.39 is 82.3 Å². The fraction of sp³-hybridized carbons (Fsp3) is 0.471. The number of aliphatic hydroxyl groups is 2. The van der Waals surface area contributed by atoms with Crippen molar-refractivity contribution in [1.29, 1.82) is 0 Å². The summed E-state index contributed by atoms with van der Waals surface area (Å²) in [5.41, 5.74) is -4.59. The molecule has 224 valence electrons. The highest BCUT2D eigenvalue weighted by Crippen LogP contribution is 2.74. The lowest BCUT2D eigenvalue weighted by Crippen LogP contribution is -2.76. The molecule has 2 saturated carbocycles. The van der Waals surface area contributed by atoms with Gasteiger partial charge in [-0.2, -0.15) is 0 Å². The predicted molar refractivity (Wildman–Crippen MR) is 150 cm³/mol. The minimum atomic E-state index is -2.26. The summed E-state index contributed by atoms with van der Waals surface area (Å²) in [5, 5.41) is 24.1. The maximum Gasteiger partial charge on any atom is 0.338 e. The van der Waals surface area contributed by atoms with Gasteiger partial charge in [0.2, 0.25) is 0 Å². The molecule has 12 atom stereocenters. The molecule has 0 radical (unpaired) electrons. The standard InChI is InChI=1S/C34H34O9/c1-17(2)32-25(39-28(36)20-12-8-6-9-13-20)19(4)33-22-16-18(3)24(35)31(22,38)29(37)30(5)26(40-30)23(33)27(32)41-34(42-32,43-33)21-14-10-7-11-15-21/h6-16,19,22-23,25-27,29,37-38H,1H2,2-5H3/t19-,22-,23+,25+,26+,27-,29+,30+,31-,32+,33+,34-/m1/s1. The fourth-order valence-electron chi connectivity index (χ4n) is 9.01. The molecule has 2 aromatic rings. The zero-order valence-corrected chi connectivity index (χ0v) is 24.4. The number of fused-ring (bicyclic) bond motifs is 3. The third-order valence-electron chi connectivity index (χ3n) is 11.1. The second-order valence-electron chi connectivity index (χ2n) is 13.2. The summed E-state index contributed by atoms with van der Waals surface area (Å²) < 4.78 is 33.6. The minimum absolute atomic E-state index is 0.307. The highest BCUT2D eigenvalue weighted by molar-refractivity contribution is 6.05. The van der Waals surface area contributed by atoms with Gasteiger partial charge in [-0.15, -0.1) is 0 Å². The van der Waals surface area contributed by atoms with Crippen molar-refractivity contribution in [1.82, 2.24) is 0 Å². The maximum atomic E-state index is 13.8. The van der Waals surface area contributed by atoms with Crippen LogP contribution in [0.4, 0.5) is 0 Å². The molecule has 3 aliphatic heterocycles. The Kier molecular flexibility index (Phi) is 5.28. The Balaban J connectivity index is 1.40. The molecule has 3 aliphatic carbocycles. The van der Waals surface area contributed by atoms with E-state index in [0.29, 0.717) is 22.3 Å². The summed E-state index contributed by atoms with van der Waals surface area (Å²) in [7, 11) is 0. The average Bonchev–Trinajstić information content (AvgIpc) is 3.55. The van der Waals surface area contributed by atoms with E-state index in [1.807, 2.05) is 50.2 Å². The normalized spacial score (nSPS) is 48.5. The first-order valence-electron chi connectivity index (χ1n) is 14.7. The van der Waals surface area contributed by atoms with Gasteiger partial charge in [0.15, 0.2) is 17.0 Å². The molecule has 0 amide bonds. The van der Waals surface area contributed by atoms with Crippen molar-refractivity contribution in [3.8, 4) is 0 Å². The van der Waals surface area contributed by atoms with E-state index in [9.17, 15) is 19.8 Å². The van der Waals surface area contributed by atoms with E-state index in [2.05, 4.69) is 6.58 Å². The predicted octanol–water partition coefficient (Wildman–Crippen LogP) is 3.20. The maximum absolute atomic E-state index is 13.8. The molecule has 3 bridgehead atoms. The number of hydrogen-bond donors (Lipinski definition) is 2. The lowest BCUT2D eigenvalue weighted by molar-refractivity contribution is -0.440. The summed E-state index contributed by atoms with van der Waals surface area (Å²) >= 11 is 0. The van der Waals surface area contributed by atoms with Crippen LogP contribution in [0.25, 0.3) is 0 Å². The number of esters is 1. The minimum Gasteiger partial charge on any atom is -0.455 e. The van der Waals surface area contributed by atoms with Gasteiger partial charge < -0.3 is 33.9 Å². The molecule has 2 N–H and O–H groups in total. The van der Waals surface area contributed by atoms with Gasteiger partial charge in [-0.1, -0.05) is 68.1 Å². The van der Waals surface area contributed by atoms with Crippen molar-refractivity contribution in [3.63, 3.8) is 0 Å². The second kappa shape index (κ2) is 8.29. The number of benzene rings is 2. The molecule has 3 heterocycles. The largest absolute Gasteiger partial charge is 0.455 e. The van der Waals surface area contributed by atoms with E-state index in [0.717, 1.165) is 0 Å². The van der Waals surface area contributed by atoms with Crippen molar-refractivity contribution in [2.24, 2.45) is 17.8 Å². The summed E-state index contributed by atoms with van der Waals surface area (Å²) in [6.45, 7) is 11.3. The lowest BCUT2D eigenvalue weighted by Gasteiger charge is -2.61. The smallest absolute Gasteiger partial charge is 0.338 e. The number of carbonyl (C=O) groups is 2. The molecule has 5 fully saturated rings. The molecular formula is C34H34O9. The number of Topliss-reactive ketones (excluding diaryl/α,β-unsaturated/α-hetero) is 1. The van der Waals surface area contributed by atoms with Crippen LogP contribution < -0.4 is 0 Å². The first kappa shape index (κ1) is 27.4. The van der Waals surface area contributed by atoms with Crippen molar-refractivity contribution in [2.75, 3.05) is 0 Å². The Labute approximate surface area is 249 Å². The van der Waals surface area contributed by atoms with E-state index in [1.165, 1.54) is 0 Å². The summed E-state index contributed by atoms with van der Waals surface area (Å²) in [6, 6.07) is 17.8. The van der Waals surface area contributed by atoms with Crippen LogP contribution in [0.1, 0.15) is 43.6 Å². The quantitative estimate of drug-likeness (QED) is 0.316. The topological polar surface area (TPSA) is 124 Å². The van der Waals surface area contributed by atoms with Crippen molar-refractivity contribution < 1.29 is 43.5 Å². The SMILES string of the molecule is C=C(C)[C@@]12O[C@@]3(c4ccccc4)O[C@@H]1[C@@H]1[C@@H]4O[C@]4(C)[C@H](O)[C@]4(O)C(=O)C(C)=C[C@H]4[C@@]1(O3)[C@H](C)[C@@H]2OC(=O)c1ccccc1. The number of ether oxygens (including phenoxy) is 5.